The molecule has 6 nitrogen and oxygen atoms in total. The number of benzene rings is 1. The van der Waals surface area contributed by atoms with E-state index in [1.165, 1.54) is 0 Å². The molecule has 4 rings (SSSR count). The van der Waals surface area contributed by atoms with E-state index < -0.39 is 0 Å². The molecule has 2 saturated heterocycles. The molecule has 1 aromatic heterocycles. The Kier molecular flexibility index (Phi) is 4.68. The van der Waals surface area contributed by atoms with Crippen molar-refractivity contribution >= 4 is 11.6 Å². The van der Waals surface area contributed by atoms with Crippen LogP contribution in [-0.2, 0) is 9.53 Å². The molecule has 138 valence electrons. The highest BCUT2D eigenvalue weighted by Crippen LogP contribution is 2.27. The van der Waals surface area contributed by atoms with E-state index in [2.05, 4.69) is 10.4 Å². The maximum atomic E-state index is 12.9. The first-order valence-electron chi connectivity index (χ1n) is 9.41. The van der Waals surface area contributed by atoms with Crippen LogP contribution in [0.3, 0.4) is 0 Å². The fraction of sp³-hybridized carbons (Fsp3) is 0.500. The summed E-state index contributed by atoms with van der Waals surface area (Å²) in [6.45, 7) is 6.38. The van der Waals surface area contributed by atoms with Crippen molar-refractivity contribution in [2.75, 3.05) is 25.1 Å². The van der Waals surface area contributed by atoms with E-state index in [0.29, 0.717) is 6.04 Å². The first kappa shape index (κ1) is 17.1. The molecule has 0 bridgehead atoms. The van der Waals surface area contributed by atoms with Gasteiger partial charge in [0.2, 0.25) is 5.91 Å². The maximum Gasteiger partial charge on any atom is 0.245 e. The summed E-state index contributed by atoms with van der Waals surface area (Å²) < 4.78 is 7.37. The largest absolute Gasteiger partial charge is 0.381 e. The number of rotatable bonds is 4. The molecule has 6 heteroatoms. The highest BCUT2D eigenvalue weighted by atomic mass is 16.5. The summed E-state index contributed by atoms with van der Waals surface area (Å²) in [7, 11) is 0. The summed E-state index contributed by atoms with van der Waals surface area (Å²) in [6.07, 6.45) is 2.73. The number of likely N-dealkylation sites (tertiary alicyclic amines) is 1. The Hall–Kier alpha value is -2.34. The van der Waals surface area contributed by atoms with Crippen LogP contribution < -0.4 is 5.32 Å². The van der Waals surface area contributed by atoms with Gasteiger partial charge in [-0.1, -0.05) is 18.2 Å². The minimum absolute atomic E-state index is 0.163. The van der Waals surface area contributed by atoms with E-state index in [1.54, 1.807) is 0 Å². The molecular weight excluding hydrogens is 328 g/mol. The van der Waals surface area contributed by atoms with Gasteiger partial charge in [0.25, 0.3) is 0 Å². The predicted molar refractivity (Wildman–Crippen MR) is 101 cm³/mol. The van der Waals surface area contributed by atoms with Gasteiger partial charge in [0.1, 0.15) is 6.04 Å². The number of ether oxygens (including phenoxy) is 1. The summed E-state index contributed by atoms with van der Waals surface area (Å²) in [4.78, 5) is 15.0. The third kappa shape index (κ3) is 3.09. The highest BCUT2D eigenvalue weighted by molar-refractivity contribution is 5.87. The Labute approximate surface area is 154 Å². The molecule has 1 unspecified atom stereocenters. The lowest BCUT2D eigenvalue weighted by molar-refractivity contribution is -0.131. The van der Waals surface area contributed by atoms with Gasteiger partial charge in [-0.2, -0.15) is 5.10 Å². The van der Waals surface area contributed by atoms with E-state index in [9.17, 15) is 4.79 Å². The molecule has 0 radical (unpaired) electrons. The summed E-state index contributed by atoms with van der Waals surface area (Å²) in [5.74, 6) is 0.211. The second kappa shape index (κ2) is 7.11. The highest BCUT2D eigenvalue weighted by Gasteiger charge is 2.37. The fourth-order valence-electron chi connectivity index (χ4n) is 4.04. The molecule has 0 spiro atoms. The van der Waals surface area contributed by atoms with Crippen LogP contribution >= 0.6 is 0 Å². The molecule has 2 fully saturated rings. The van der Waals surface area contributed by atoms with Crippen molar-refractivity contribution in [1.29, 1.82) is 0 Å². The molecule has 26 heavy (non-hydrogen) atoms. The molecule has 2 aliphatic heterocycles. The molecule has 0 aliphatic carbocycles. The summed E-state index contributed by atoms with van der Waals surface area (Å²) in [5, 5.41) is 8.15. The number of aryl methyl sites for hydroxylation is 1. The monoisotopic (exact) mass is 354 g/mol. The van der Waals surface area contributed by atoms with Crippen molar-refractivity contribution in [3.63, 3.8) is 0 Å². The summed E-state index contributed by atoms with van der Waals surface area (Å²) in [5.41, 5.74) is 3.96. The topological polar surface area (TPSA) is 59.4 Å². The van der Waals surface area contributed by atoms with Crippen molar-refractivity contribution in [2.24, 2.45) is 0 Å². The van der Waals surface area contributed by atoms with Crippen molar-refractivity contribution in [1.82, 2.24) is 14.7 Å². The number of hydrogen-bond donors (Lipinski definition) is 1. The molecule has 1 N–H and O–H groups in total. The van der Waals surface area contributed by atoms with Gasteiger partial charge in [-0.3, -0.25) is 4.79 Å². The van der Waals surface area contributed by atoms with Gasteiger partial charge in [0, 0.05) is 25.8 Å². The zero-order valence-corrected chi connectivity index (χ0v) is 15.4. The standard InChI is InChI=1S/C20H26N4O2/c1-14-19(15(2)24(22-14)17-6-4-3-5-7-17)21-18-8-11-23(20(18)25)16-9-12-26-13-10-16/h3-7,16,18,21H,8-13H2,1-2H3. The van der Waals surface area contributed by atoms with Gasteiger partial charge in [0.05, 0.1) is 22.8 Å². The van der Waals surface area contributed by atoms with E-state index in [4.69, 9.17) is 4.74 Å². The zero-order chi connectivity index (χ0) is 18.1. The van der Waals surface area contributed by atoms with Gasteiger partial charge < -0.3 is 15.0 Å². The normalized spacial score (nSPS) is 21.4. The van der Waals surface area contributed by atoms with Gasteiger partial charge in [0.15, 0.2) is 0 Å². The number of aromatic nitrogens is 2. The number of amides is 1. The third-order valence-electron chi connectivity index (χ3n) is 5.48. The smallest absolute Gasteiger partial charge is 0.245 e. The summed E-state index contributed by atoms with van der Waals surface area (Å²) >= 11 is 0. The minimum Gasteiger partial charge on any atom is -0.381 e. The molecule has 1 amide bonds. The van der Waals surface area contributed by atoms with Gasteiger partial charge >= 0.3 is 0 Å². The Morgan fingerprint density at radius 2 is 1.85 bits per heavy atom. The number of hydrogen-bond acceptors (Lipinski definition) is 4. The number of nitrogens with one attached hydrogen (secondary N) is 1. The van der Waals surface area contributed by atoms with Crippen LogP contribution in [0.2, 0.25) is 0 Å². The number of carbonyl (C=O) groups excluding carboxylic acids is 1. The fourth-order valence-corrected chi connectivity index (χ4v) is 4.04. The average Bonchev–Trinajstić information content (AvgIpc) is 3.18. The second-order valence-electron chi connectivity index (χ2n) is 7.15. The molecule has 1 atom stereocenters. The van der Waals surface area contributed by atoms with Crippen LogP contribution in [0.5, 0.6) is 0 Å². The SMILES string of the molecule is Cc1nn(-c2ccccc2)c(C)c1NC1CCN(C2CCOCC2)C1=O. The molecule has 2 aliphatic rings. The summed E-state index contributed by atoms with van der Waals surface area (Å²) in [6, 6.07) is 10.3. The second-order valence-corrected chi connectivity index (χ2v) is 7.15. The Balaban J connectivity index is 1.51. The minimum atomic E-state index is -0.163. The molecule has 1 aromatic carbocycles. The zero-order valence-electron chi connectivity index (χ0n) is 15.4. The lowest BCUT2D eigenvalue weighted by atomic mass is 10.1. The first-order valence-corrected chi connectivity index (χ1v) is 9.41. The van der Waals surface area contributed by atoms with Crippen LogP contribution in [-0.4, -0.2) is 52.4 Å². The molecule has 0 saturated carbocycles. The van der Waals surface area contributed by atoms with E-state index >= 15 is 0 Å². The van der Waals surface area contributed by atoms with Crippen LogP contribution in [0.15, 0.2) is 30.3 Å². The van der Waals surface area contributed by atoms with E-state index in [1.807, 2.05) is 53.8 Å². The van der Waals surface area contributed by atoms with Crippen LogP contribution in [0.25, 0.3) is 5.69 Å². The van der Waals surface area contributed by atoms with Crippen molar-refractivity contribution < 1.29 is 9.53 Å². The van der Waals surface area contributed by atoms with Gasteiger partial charge in [-0.15, -0.1) is 0 Å². The van der Waals surface area contributed by atoms with Crippen molar-refractivity contribution in [3.8, 4) is 5.69 Å². The number of anilines is 1. The van der Waals surface area contributed by atoms with E-state index in [0.717, 1.165) is 61.8 Å². The number of carbonyl (C=O) groups is 1. The van der Waals surface area contributed by atoms with Gasteiger partial charge in [-0.05, 0) is 45.2 Å². The first-order chi connectivity index (χ1) is 12.6. The lowest BCUT2D eigenvalue weighted by Crippen LogP contribution is -2.43. The van der Waals surface area contributed by atoms with Crippen LogP contribution in [0.1, 0.15) is 30.7 Å². The third-order valence-corrected chi connectivity index (χ3v) is 5.48. The number of nitrogens with zero attached hydrogens (tertiary/aromatic N) is 3. The van der Waals surface area contributed by atoms with Crippen LogP contribution in [0, 0.1) is 13.8 Å². The Bertz CT molecular complexity index is 781. The predicted octanol–water partition coefficient (Wildman–Crippen LogP) is 2.68. The average molecular weight is 354 g/mol. The van der Waals surface area contributed by atoms with Gasteiger partial charge in [-0.25, -0.2) is 4.68 Å². The molecular formula is C20H26N4O2. The molecule has 2 aromatic rings. The van der Waals surface area contributed by atoms with Crippen LogP contribution in [0.4, 0.5) is 5.69 Å². The van der Waals surface area contributed by atoms with Crippen molar-refractivity contribution in [3.05, 3.63) is 41.7 Å². The Morgan fingerprint density at radius 3 is 2.58 bits per heavy atom. The number of para-hydroxylation sites is 1. The Morgan fingerprint density at radius 1 is 1.12 bits per heavy atom. The van der Waals surface area contributed by atoms with E-state index in [-0.39, 0.29) is 11.9 Å². The maximum absolute atomic E-state index is 12.9. The molecule has 3 heterocycles. The quantitative estimate of drug-likeness (QED) is 0.917. The lowest BCUT2D eigenvalue weighted by Gasteiger charge is -2.31. The van der Waals surface area contributed by atoms with Crippen molar-refractivity contribution in [2.45, 2.75) is 45.2 Å².